The number of carbonyl (C=O) groups is 2. The van der Waals surface area contributed by atoms with Gasteiger partial charge < -0.3 is 10.1 Å². The third-order valence-electron chi connectivity index (χ3n) is 2.79. The number of amides is 1. The smallest absolute Gasteiger partial charge is 0.308 e. The maximum absolute atomic E-state index is 11.7. The second-order valence-electron chi connectivity index (χ2n) is 4.50. The van der Waals surface area contributed by atoms with Crippen LogP contribution < -0.4 is 10.1 Å². The van der Waals surface area contributed by atoms with Crippen LogP contribution in [0.1, 0.15) is 13.8 Å². The lowest BCUT2D eigenvalue weighted by atomic mass is 10.1. The first-order valence-electron chi connectivity index (χ1n) is 6.16. The lowest BCUT2D eigenvalue weighted by Gasteiger charge is -2.13. The van der Waals surface area contributed by atoms with Crippen LogP contribution in [-0.2, 0) is 18.6 Å². The quantitative estimate of drug-likeness (QED) is 0.526. The molecule has 0 aromatic heterocycles. The highest BCUT2D eigenvalue weighted by atomic mass is 35.7. The molecule has 0 aliphatic carbocycles. The average molecular weight is 342 g/mol. The fraction of sp³-hybridized carbons (Fsp3) is 0.143. The summed E-state index contributed by atoms with van der Waals surface area (Å²) in [6.45, 7) is 2.53. The zero-order chi connectivity index (χ0) is 16.5. The normalized spacial score (nSPS) is 11.2. The van der Waals surface area contributed by atoms with E-state index >= 15 is 0 Å². The van der Waals surface area contributed by atoms with Crippen molar-refractivity contribution in [1.29, 1.82) is 0 Å². The lowest BCUT2D eigenvalue weighted by Crippen LogP contribution is -2.08. The first-order valence-corrected chi connectivity index (χ1v) is 8.47. The topological polar surface area (TPSA) is 89.5 Å². The number of benzene rings is 2. The molecule has 2 aromatic rings. The van der Waals surface area contributed by atoms with Gasteiger partial charge in [-0.05, 0) is 18.2 Å². The van der Waals surface area contributed by atoms with Gasteiger partial charge in [-0.25, -0.2) is 8.42 Å². The number of nitrogens with one attached hydrogen (secondary N) is 1. The van der Waals surface area contributed by atoms with Crippen molar-refractivity contribution in [1.82, 2.24) is 0 Å². The van der Waals surface area contributed by atoms with Crippen LogP contribution in [0.5, 0.6) is 5.75 Å². The van der Waals surface area contributed by atoms with E-state index in [1.54, 1.807) is 0 Å². The summed E-state index contributed by atoms with van der Waals surface area (Å²) in [7, 11) is 1.43. The van der Waals surface area contributed by atoms with Gasteiger partial charge in [-0.1, -0.05) is 12.1 Å². The van der Waals surface area contributed by atoms with E-state index in [-0.39, 0.29) is 27.3 Å². The summed E-state index contributed by atoms with van der Waals surface area (Å²) < 4.78 is 28.5. The Labute approximate surface area is 131 Å². The molecule has 0 atom stereocenters. The summed E-state index contributed by atoms with van der Waals surface area (Å²) in [5, 5.41) is 3.11. The second kappa shape index (κ2) is 5.94. The molecule has 2 rings (SSSR count). The van der Waals surface area contributed by atoms with E-state index in [0.717, 1.165) is 0 Å². The molecule has 0 bridgehead atoms. The SMILES string of the molecule is CC(=O)Nc1ccc(S(=O)(=O)Cl)c2cccc(OC(C)=O)c12. The van der Waals surface area contributed by atoms with Crippen molar-refractivity contribution >= 4 is 48.1 Å². The van der Waals surface area contributed by atoms with Crippen LogP contribution in [0.25, 0.3) is 10.8 Å². The number of esters is 1. The molecule has 2 aromatic carbocycles. The Morgan fingerprint density at radius 2 is 1.82 bits per heavy atom. The van der Waals surface area contributed by atoms with Gasteiger partial charge in [0.25, 0.3) is 9.05 Å². The lowest BCUT2D eigenvalue weighted by molar-refractivity contribution is -0.131. The van der Waals surface area contributed by atoms with Gasteiger partial charge in [-0.15, -0.1) is 0 Å². The molecule has 0 fully saturated rings. The molecule has 22 heavy (non-hydrogen) atoms. The van der Waals surface area contributed by atoms with Gasteiger partial charge >= 0.3 is 5.97 Å². The van der Waals surface area contributed by atoms with Gasteiger partial charge in [0.05, 0.1) is 10.6 Å². The van der Waals surface area contributed by atoms with Crippen molar-refractivity contribution in [3.05, 3.63) is 30.3 Å². The minimum atomic E-state index is -4.00. The van der Waals surface area contributed by atoms with E-state index in [4.69, 9.17) is 15.4 Å². The summed E-state index contributed by atoms with van der Waals surface area (Å²) in [6.07, 6.45) is 0. The third-order valence-corrected chi connectivity index (χ3v) is 4.17. The Bertz CT molecular complexity index is 854. The first kappa shape index (κ1) is 16.3. The van der Waals surface area contributed by atoms with E-state index in [0.29, 0.717) is 5.69 Å². The van der Waals surface area contributed by atoms with Crippen molar-refractivity contribution in [2.75, 3.05) is 5.32 Å². The monoisotopic (exact) mass is 341 g/mol. The fourth-order valence-corrected chi connectivity index (χ4v) is 3.16. The van der Waals surface area contributed by atoms with Crippen LogP contribution >= 0.6 is 10.7 Å². The van der Waals surface area contributed by atoms with Crippen LogP contribution in [0.3, 0.4) is 0 Å². The Kier molecular flexibility index (Phi) is 4.39. The number of hydrogen-bond donors (Lipinski definition) is 1. The van der Waals surface area contributed by atoms with Crippen LogP contribution in [0.4, 0.5) is 5.69 Å². The molecule has 0 saturated heterocycles. The zero-order valence-electron chi connectivity index (χ0n) is 11.7. The highest BCUT2D eigenvalue weighted by Crippen LogP contribution is 2.37. The number of carbonyl (C=O) groups excluding carboxylic acids is 2. The average Bonchev–Trinajstić information content (AvgIpc) is 2.36. The fourth-order valence-electron chi connectivity index (χ4n) is 2.09. The number of anilines is 1. The molecule has 0 saturated carbocycles. The predicted octanol–water partition coefficient (Wildman–Crippen LogP) is 2.65. The van der Waals surface area contributed by atoms with Crippen molar-refractivity contribution in [2.45, 2.75) is 18.7 Å². The van der Waals surface area contributed by atoms with E-state index in [9.17, 15) is 18.0 Å². The number of hydrogen-bond acceptors (Lipinski definition) is 5. The molecular weight excluding hydrogens is 330 g/mol. The minimum absolute atomic E-state index is 0.132. The highest BCUT2D eigenvalue weighted by molar-refractivity contribution is 8.14. The maximum Gasteiger partial charge on any atom is 0.308 e. The Morgan fingerprint density at radius 3 is 2.36 bits per heavy atom. The van der Waals surface area contributed by atoms with Gasteiger partial charge in [0.1, 0.15) is 5.75 Å². The zero-order valence-corrected chi connectivity index (χ0v) is 13.3. The summed E-state index contributed by atoms with van der Waals surface area (Å²) in [5.41, 5.74) is 0.323. The van der Waals surface area contributed by atoms with Crippen LogP contribution in [0, 0.1) is 0 Å². The molecule has 8 heteroatoms. The predicted molar refractivity (Wildman–Crippen MR) is 82.6 cm³/mol. The third kappa shape index (κ3) is 3.37. The van der Waals surface area contributed by atoms with E-state index in [1.165, 1.54) is 44.2 Å². The first-order chi connectivity index (χ1) is 10.2. The van der Waals surface area contributed by atoms with Crippen LogP contribution in [0.15, 0.2) is 35.2 Å². The molecule has 0 aliphatic rings. The van der Waals surface area contributed by atoms with Crippen LogP contribution in [0.2, 0.25) is 0 Å². The van der Waals surface area contributed by atoms with Crippen LogP contribution in [-0.4, -0.2) is 20.3 Å². The number of rotatable bonds is 3. The molecule has 0 heterocycles. The van der Waals surface area contributed by atoms with Gasteiger partial charge in [0.2, 0.25) is 5.91 Å². The molecule has 0 unspecified atom stereocenters. The summed E-state index contributed by atoms with van der Waals surface area (Å²) in [5.74, 6) is -0.781. The second-order valence-corrected chi connectivity index (χ2v) is 7.04. The Balaban J connectivity index is 2.87. The van der Waals surface area contributed by atoms with Gasteiger partial charge in [0.15, 0.2) is 0 Å². The molecule has 0 spiro atoms. The van der Waals surface area contributed by atoms with E-state index < -0.39 is 15.0 Å². The standard InChI is InChI=1S/C14H12ClNO5S/c1-8(17)16-11-6-7-13(22(15,19)20)10-4-3-5-12(14(10)11)21-9(2)18/h3-7H,1-2H3,(H,16,17). The molecule has 0 aliphatic heterocycles. The molecule has 116 valence electrons. The Morgan fingerprint density at radius 1 is 1.14 bits per heavy atom. The number of halogens is 1. The highest BCUT2D eigenvalue weighted by Gasteiger charge is 2.19. The van der Waals surface area contributed by atoms with Gasteiger partial charge in [-0.3, -0.25) is 9.59 Å². The van der Waals surface area contributed by atoms with E-state index in [1.807, 2.05) is 0 Å². The number of ether oxygens (including phenoxy) is 1. The minimum Gasteiger partial charge on any atom is -0.426 e. The summed E-state index contributed by atoms with van der Waals surface area (Å²) >= 11 is 0. The van der Waals surface area contributed by atoms with Crippen molar-refractivity contribution in [3.63, 3.8) is 0 Å². The molecular formula is C14H12ClNO5S. The van der Waals surface area contributed by atoms with Gasteiger partial charge in [0, 0.05) is 35.3 Å². The van der Waals surface area contributed by atoms with E-state index in [2.05, 4.69) is 5.32 Å². The largest absolute Gasteiger partial charge is 0.426 e. The maximum atomic E-state index is 11.7. The molecule has 1 N–H and O–H groups in total. The molecule has 1 amide bonds. The summed E-state index contributed by atoms with van der Waals surface area (Å²) in [6, 6.07) is 7.23. The van der Waals surface area contributed by atoms with Crippen molar-refractivity contribution < 1.29 is 22.7 Å². The Hall–Kier alpha value is -2.12. The molecule has 0 radical (unpaired) electrons. The molecule has 6 nitrogen and oxygen atoms in total. The number of fused-ring (bicyclic) bond motifs is 1. The van der Waals surface area contributed by atoms with Crippen molar-refractivity contribution in [3.8, 4) is 5.75 Å². The summed E-state index contributed by atoms with van der Waals surface area (Å²) in [4.78, 5) is 22.4. The van der Waals surface area contributed by atoms with Gasteiger partial charge in [-0.2, -0.15) is 0 Å². The van der Waals surface area contributed by atoms with Crippen molar-refractivity contribution in [2.24, 2.45) is 0 Å².